The van der Waals surface area contributed by atoms with Gasteiger partial charge in [-0.25, -0.2) is 4.98 Å². The fourth-order valence-electron chi connectivity index (χ4n) is 3.04. The number of ether oxygens (including phenoxy) is 2. The van der Waals surface area contributed by atoms with E-state index in [4.69, 9.17) is 14.5 Å². The summed E-state index contributed by atoms with van der Waals surface area (Å²) in [5, 5.41) is 4.48. The van der Waals surface area contributed by atoms with E-state index in [0.717, 1.165) is 52.2 Å². The SMILES string of the molecule is COc1ccc2nc(N3CCNCC3COc3ccc(C)nc3)sc2c1. The summed E-state index contributed by atoms with van der Waals surface area (Å²) in [5.74, 6) is 1.66. The van der Waals surface area contributed by atoms with Crippen molar-refractivity contribution >= 4 is 26.7 Å². The quantitative estimate of drug-likeness (QED) is 0.745. The molecule has 4 rings (SSSR count). The van der Waals surface area contributed by atoms with Gasteiger partial charge < -0.3 is 19.7 Å². The van der Waals surface area contributed by atoms with Gasteiger partial charge in [-0.1, -0.05) is 11.3 Å². The van der Waals surface area contributed by atoms with Crippen LogP contribution in [0, 0.1) is 6.92 Å². The number of nitrogens with zero attached hydrogens (tertiary/aromatic N) is 3. The van der Waals surface area contributed by atoms with Gasteiger partial charge in [0.1, 0.15) is 18.1 Å². The molecular formula is C19H22N4O2S. The first kappa shape index (κ1) is 17.1. The molecule has 1 aliphatic heterocycles. The van der Waals surface area contributed by atoms with Gasteiger partial charge >= 0.3 is 0 Å². The first-order chi connectivity index (χ1) is 12.7. The van der Waals surface area contributed by atoms with Gasteiger partial charge in [-0.2, -0.15) is 0 Å². The van der Waals surface area contributed by atoms with Crippen LogP contribution >= 0.6 is 11.3 Å². The van der Waals surface area contributed by atoms with E-state index in [1.165, 1.54) is 0 Å². The van der Waals surface area contributed by atoms with Gasteiger partial charge in [0.15, 0.2) is 5.13 Å². The molecule has 1 aliphatic rings. The van der Waals surface area contributed by atoms with Crippen LogP contribution in [0.2, 0.25) is 0 Å². The number of aryl methyl sites for hydroxylation is 1. The Morgan fingerprint density at radius 3 is 2.96 bits per heavy atom. The zero-order valence-electron chi connectivity index (χ0n) is 14.9. The monoisotopic (exact) mass is 370 g/mol. The molecule has 26 heavy (non-hydrogen) atoms. The molecule has 2 aromatic heterocycles. The second-order valence-electron chi connectivity index (χ2n) is 6.33. The number of fused-ring (bicyclic) bond motifs is 1. The zero-order chi connectivity index (χ0) is 17.9. The van der Waals surface area contributed by atoms with Crippen LogP contribution in [0.1, 0.15) is 5.69 Å². The average molecular weight is 370 g/mol. The van der Waals surface area contributed by atoms with E-state index in [1.54, 1.807) is 24.6 Å². The lowest BCUT2D eigenvalue weighted by molar-refractivity contribution is 0.266. The maximum absolute atomic E-state index is 5.98. The molecule has 0 radical (unpaired) electrons. The van der Waals surface area contributed by atoms with Crippen molar-refractivity contribution < 1.29 is 9.47 Å². The van der Waals surface area contributed by atoms with Crippen LogP contribution in [0.3, 0.4) is 0 Å². The highest BCUT2D eigenvalue weighted by Gasteiger charge is 2.25. The third-order valence-electron chi connectivity index (χ3n) is 4.51. The van der Waals surface area contributed by atoms with Crippen LogP contribution in [0.4, 0.5) is 5.13 Å². The molecule has 1 aromatic carbocycles. The minimum absolute atomic E-state index is 0.229. The molecule has 0 aliphatic carbocycles. The molecule has 6 nitrogen and oxygen atoms in total. The van der Waals surface area contributed by atoms with E-state index in [-0.39, 0.29) is 6.04 Å². The van der Waals surface area contributed by atoms with E-state index >= 15 is 0 Å². The molecular weight excluding hydrogens is 348 g/mol. The van der Waals surface area contributed by atoms with Crippen molar-refractivity contribution in [3.63, 3.8) is 0 Å². The minimum Gasteiger partial charge on any atom is -0.497 e. The topological polar surface area (TPSA) is 59.5 Å². The standard InChI is InChI=1S/C19H22N4O2S/c1-13-3-4-16(11-21-13)25-12-14-10-20-7-8-23(14)19-22-17-6-5-15(24-2)9-18(17)26-19/h3-6,9,11,14,20H,7-8,10,12H2,1-2H3. The van der Waals surface area contributed by atoms with Crippen LogP contribution in [0.25, 0.3) is 10.2 Å². The Morgan fingerprint density at radius 1 is 1.27 bits per heavy atom. The Bertz CT molecular complexity index is 881. The number of hydrogen-bond acceptors (Lipinski definition) is 7. The van der Waals surface area contributed by atoms with Gasteiger partial charge in [0, 0.05) is 25.3 Å². The van der Waals surface area contributed by atoms with Gasteiger partial charge in [0.2, 0.25) is 0 Å². The third-order valence-corrected chi connectivity index (χ3v) is 5.56. The first-order valence-electron chi connectivity index (χ1n) is 8.70. The van der Waals surface area contributed by atoms with Crippen molar-refractivity contribution in [2.45, 2.75) is 13.0 Å². The average Bonchev–Trinajstić information content (AvgIpc) is 3.10. The molecule has 0 saturated carbocycles. The number of hydrogen-bond donors (Lipinski definition) is 1. The minimum atomic E-state index is 0.229. The van der Waals surface area contributed by atoms with Gasteiger partial charge in [-0.15, -0.1) is 0 Å². The highest BCUT2D eigenvalue weighted by molar-refractivity contribution is 7.22. The number of nitrogens with one attached hydrogen (secondary N) is 1. The molecule has 1 fully saturated rings. The van der Waals surface area contributed by atoms with Gasteiger partial charge in [0.25, 0.3) is 0 Å². The summed E-state index contributed by atoms with van der Waals surface area (Å²) >= 11 is 1.70. The summed E-state index contributed by atoms with van der Waals surface area (Å²) in [6, 6.07) is 10.2. The molecule has 3 aromatic rings. The Labute approximate surface area is 156 Å². The highest BCUT2D eigenvalue weighted by atomic mass is 32.1. The summed E-state index contributed by atoms with van der Waals surface area (Å²) in [7, 11) is 1.69. The molecule has 7 heteroatoms. The number of piperazine rings is 1. The molecule has 1 unspecified atom stereocenters. The van der Waals surface area contributed by atoms with Gasteiger partial charge in [-0.05, 0) is 37.3 Å². The molecule has 1 atom stereocenters. The molecule has 1 N–H and O–H groups in total. The highest BCUT2D eigenvalue weighted by Crippen LogP contribution is 2.32. The molecule has 0 bridgehead atoms. The Morgan fingerprint density at radius 2 is 2.15 bits per heavy atom. The summed E-state index contributed by atoms with van der Waals surface area (Å²) in [6.45, 7) is 5.30. The lowest BCUT2D eigenvalue weighted by atomic mass is 10.2. The molecule has 1 saturated heterocycles. The molecule has 3 heterocycles. The van der Waals surface area contributed by atoms with Gasteiger partial charge in [-0.3, -0.25) is 4.98 Å². The molecule has 0 spiro atoms. The maximum Gasteiger partial charge on any atom is 0.186 e. The van der Waals surface area contributed by atoms with E-state index in [1.807, 2.05) is 37.3 Å². The smallest absolute Gasteiger partial charge is 0.186 e. The Kier molecular flexibility index (Phi) is 4.90. The summed E-state index contributed by atoms with van der Waals surface area (Å²) in [4.78, 5) is 11.5. The predicted molar refractivity (Wildman–Crippen MR) is 105 cm³/mol. The van der Waals surface area contributed by atoms with Crippen molar-refractivity contribution in [2.24, 2.45) is 0 Å². The van der Waals surface area contributed by atoms with Crippen LogP contribution in [-0.2, 0) is 0 Å². The molecule has 136 valence electrons. The second kappa shape index (κ2) is 7.47. The fourth-order valence-corrected chi connectivity index (χ4v) is 4.13. The Balaban J connectivity index is 1.52. The van der Waals surface area contributed by atoms with Crippen LogP contribution in [-0.4, -0.2) is 49.4 Å². The van der Waals surface area contributed by atoms with E-state index in [0.29, 0.717) is 6.61 Å². The van der Waals surface area contributed by atoms with Crippen LogP contribution < -0.4 is 19.7 Å². The Hall–Kier alpha value is -2.38. The summed E-state index contributed by atoms with van der Waals surface area (Å²) in [5.41, 5.74) is 2.00. The summed E-state index contributed by atoms with van der Waals surface area (Å²) < 4.78 is 12.4. The zero-order valence-corrected chi connectivity index (χ0v) is 15.8. The summed E-state index contributed by atoms with van der Waals surface area (Å²) in [6.07, 6.45) is 1.78. The van der Waals surface area contributed by atoms with Crippen molar-refractivity contribution in [2.75, 3.05) is 38.3 Å². The van der Waals surface area contributed by atoms with E-state index in [2.05, 4.69) is 15.2 Å². The van der Waals surface area contributed by atoms with E-state index < -0.39 is 0 Å². The van der Waals surface area contributed by atoms with Crippen molar-refractivity contribution in [1.29, 1.82) is 0 Å². The number of benzene rings is 1. The lowest BCUT2D eigenvalue weighted by Gasteiger charge is -2.35. The second-order valence-corrected chi connectivity index (χ2v) is 7.34. The van der Waals surface area contributed by atoms with Crippen molar-refractivity contribution in [1.82, 2.24) is 15.3 Å². The third kappa shape index (κ3) is 3.59. The predicted octanol–water partition coefficient (Wildman–Crippen LogP) is 2.87. The number of methoxy groups -OCH3 is 1. The van der Waals surface area contributed by atoms with E-state index in [9.17, 15) is 0 Å². The lowest BCUT2D eigenvalue weighted by Crippen LogP contribution is -2.54. The fraction of sp³-hybridized carbons (Fsp3) is 0.368. The number of pyridine rings is 1. The largest absolute Gasteiger partial charge is 0.497 e. The number of aromatic nitrogens is 2. The molecule has 0 amide bonds. The van der Waals surface area contributed by atoms with Crippen LogP contribution in [0.15, 0.2) is 36.5 Å². The maximum atomic E-state index is 5.98. The van der Waals surface area contributed by atoms with Gasteiger partial charge in [0.05, 0.1) is 29.6 Å². The first-order valence-corrected chi connectivity index (χ1v) is 9.52. The normalized spacial score (nSPS) is 17.5. The van der Waals surface area contributed by atoms with Crippen molar-refractivity contribution in [3.8, 4) is 11.5 Å². The number of anilines is 1. The van der Waals surface area contributed by atoms with Crippen LogP contribution in [0.5, 0.6) is 11.5 Å². The number of thiazole rings is 1. The van der Waals surface area contributed by atoms with Crippen molar-refractivity contribution in [3.05, 3.63) is 42.2 Å². The number of rotatable bonds is 5.